The molecule has 0 fully saturated rings. The lowest BCUT2D eigenvalue weighted by Crippen LogP contribution is -1.94. The SMILES string of the molecule is CCOc1cccc(CCBr)c1O. The van der Waals surface area contributed by atoms with Gasteiger partial charge in [0, 0.05) is 5.33 Å². The van der Waals surface area contributed by atoms with Crippen LogP contribution >= 0.6 is 15.9 Å². The van der Waals surface area contributed by atoms with Gasteiger partial charge in [0.25, 0.3) is 0 Å². The second-order valence-corrected chi connectivity index (χ2v) is 3.43. The van der Waals surface area contributed by atoms with Gasteiger partial charge in [-0.25, -0.2) is 0 Å². The molecule has 1 aromatic rings. The highest BCUT2D eigenvalue weighted by Gasteiger charge is 2.06. The van der Waals surface area contributed by atoms with Crippen molar-refractivity contribution in [3.05, 3.63) is 23.8 Å². The van der Waals surface area contributed by atoms with Crippen LogP contribution < -0.4 is 4.74 Å². The molecule has 1 N–H and O–H groups in total. The maximum absolute atomic E-state index is 9.71. The van der Waals surface area contributed by atoms with Crippen LogP contribution in [0.25, 0.3) is 0 Å². The van der Waals surface area contributed by atoms with Crippen molar-refractivity contribution in [2.24, 2.45) is 0 Å². The van der Waals surface area contributed by atoms with Crippen molar-refractivity contribution < 1.29 is 9.84 Å². The molecule has 13 heavy (non-hydrogen) atoms. The average Bonchev–Trinajstić information content (AvgIpc) is 2.13. The number of halogens is 1. The maximum atomic E-state index is 9.71. The van der Waals surface area contributed by atoms with E-state index in [1.807, 2.05) is 19.1 Å². The molecule has 0 aliphatic rings. The summed E-state index contributed by atoms with van der Waals surface area (Å²) in [4.78, 5) is 0. The number of phenols is 1. The van der Waals surface area contributed by atoms with Gasteiger partial charge in [-0.3, -0.25) is 0 Å². The van der Waals surface area contributed by atoms with Crippen LogP contribution in [0, 0.1) is 0 Å². The van der Waals surface area contributed by atoms with Gasteiger partial charge in [0.2, 0.25) is 0 Å². The Labute approximate surface area is 86.7 Å². The Bertz CT molecular complexity index is 249. The molecular weight excluding hydrogens is 232 g/mol. The molecule has 0 aliphatic heterocycles. The van der Waals surface area contributed by atoms with Crippen molar-refractivity contribution in [3.8, 4) is 11.5 Å². The molecule has 0 heterocycles. The van der Waals surface area contributed by atoms with E-state index in [1.54, 1.807) is 6.07 Å². The van der Waals surface area contributed by atoms with E-state index < -0.39 is 0 Å². The fraction of sp³-hybridized carbons (Fsp3) is 0.400. The fourth-order valence-electron chi connectivity index (χ4n) is 1.14. The van der Waals surface area contributed by atoms with E-state index in [1.165, 1.54) is 0 Å². The standard InChI is InChI=1S/C10H13BrO2/c1-2-13-9-5-3-4-8(6-7-11)10(9)12/h3-5,12H,2,6-7H2,1H3. The van der Waals surface area contributed by atoms with Gasteiger partial charge in [0.1, 0.15) is 0 Å². The number of aryl methyl sites for hydroxylation is 1. The fourth-order valence-corrected chi connectivity index (χ4v) is 1.57. The zero-order valence-electron chi connectivity index (χ0n) is 7.59. The first kappa shape index (κ1) is 10.4. The van der Waals surface area contributed by atoms with Crippen molar-refractivity contribution in [2.45, 2.75) is 13.3 Å². The molecular formula is C10H13BrO2. The number of hydrogen-bond acceptors (Lipinski definition) is 2. The van der Waals surface area contributed by atoms with Crippen LogP contribution in [0.3, 0.4) is 0 Å². The summed E-state index contributed by atoms with van der Waals surface area (Å²) in [6.07, 6.45) is 0.812. The molecule has 0 atom stereocenters. The minimum absolute atomic E-state index is 0.267. The summed E-state index contributed by atoms with van der Waals surface area (Å²) in [5.41, 5.74) is 0.919. The number of rotatable bonds is 4. The third kappa shape index (κ3) is 2.62. The molecule has 2 nitrogen and oxygen atoms in total. The molecule has 72 valence electrons. The van der Waals surface area contributed by atoms with Crippen LogP contribution in [0.5, 0.6) is 11.5 Å². The van der Waals surface area contributed by atoms with Gasteiger partial charge >= 0.3 is 0 Å². The highest BCUT2D eigenvalue weighted by atomic mass is 79.9. The van der Waals surface area contributed by atoms with E-state index in [0.717, 1.165) is 17.3 Å². The summed E-state index contributed by atoms with van der Waals surface area (Å²) >= 11 is 3.33. The smallest absolute Gasteiger partial charge is 0.161 e. The van der Waals surface area contributed by atoms with Crippen molar-refractivity contribution in [1.29, 1.82) is 0 Å². The topological polar surface area (TPSA) is 29.5 Å². The quantitative estimate of drug-likeness (QED) is 0.826. The zero-order chi connectivity index (χ0) is 9.68. The lowest BCUT2D eigenvalue weighted by molar-refractivity contribution is 0.317. The number of para-hydroxylation sites is 1. The molecule has 0 aliphatic carbocycles. The van der Waals surface area contributed by atoms with Gasteiger partial charge in [-0.2, -0.15) is 0 Å². The lowest BCUT2D eigenvalue weighted by Gasteiger charge is -2.08. The first-order valence-corrected chi connectivity index (χ1v) is 5.41. The monoisotopic (exact) mass is 244 g/mol. The number of benzene rings is 1. The van der Waals surface area contributed by atoms with E-state index >= 15 is 0 Å². The molecule has 0 saturated carbocycles. The van der Waals surface area contributed by atoms with Gasteiger partial charge in [-0.15, -0.1) is 0 Å². The minimum Gasteiger partial charge on any atom is -0.504 e. The number of aromatic hydroxyl groups is 1. The summed E-state index contributed by atoms with van der Waals surface area (Å²) < 4.78 is 5.26. The second-order valence-electron chi connectivity index (χ2n) is 2.64. The predicted octanol–water partition coefficient (Wildman–Crippen LogP) is 2.73. The lowest BCUT2D eigenvalue weighted by atomic mass is 10.1. The molecule has 0 spiro atoms. The van der Waals surface area contributed by atoms with Crippen LogP contribution in [0.15, 0.2) is 18.2 Å². The normalized spacial score (nSPS) is 10.0. The van der Waals surface area contributed by atoms with Crippen LogP contribution in [0.4, 0.5) is 0 Å². The molecule has 0 radical (unpaired) electrons. The Morgan fingerprint density at radius 2 is 2.23 bits per heavy atom. The molecule has 0 bridgehead atoms. The highest BCUT2D eigenvalue weighted by Crippen LogP contribution is 2.30. The first-order valence-electron chi connectivity index (χ1n) is 4.29. The Morgan fingerprint density at radius 3 is 2.85 bits per heavy atom. The third-order valence-electron chi connectivity index (χ3n) is 1.75. The highest BCUT2D eigenvalue weighted by molar-refractivity contribution is 9.09. The summed E-state index contributed by atoms with van der Waals surface area (Å²) in [5.74, 6) is 0.838. The van der Waals surface area contributed by atoms with E-state index in [2.05, 4.69) is 15.9 Å². The van der Waals surface area contributed by atoms with Crippen LogP contribution in [-0.2, 0) is 6.42 Å². The van der Waals surface area contributed by atoms with Crippen LogP contribution in [0.2, 0.25) is 0 Å². The summed E-state index contributed by atoms with van der Waals surface area (Å²) in [7, 11) is 0. The molecule has 3 heteroatoms. The van der Waals surface area contributed by atoms with E-state index in [-0.39, 0.29) is 5.75 Å². The van der Waals surface area contributed by atoms with Gasteiger partial charge < -0.3 is 9.84 Å². The Morgan fingerprint density at radius 1 is 1.46 bits per heavy atom. The molecule has 1 rings (SSSR count). The number of alkyl halides is 1. The van der Waals surface area contributed by atoms with Gasteiger partial charge in [0.15, 0.2) is 11.5 Å². The van der Waals surface area contributed by atoms with Gasteiger partial charge in [-0.05, 0) is 25.0 Å². The Kier molecular flexibility index (Phi) is 4.09. The maximum Gasteiger partial charge on any atom is 0.161 e. The molecule has 0 unspecified atom stereocenters. The Balaban J connectivity index is 2.89. The van der Waals surface area contributed by atoms with Crippen LogP contribution in [-0.4, -0.2) is 17.0 Å². The average molecular weight is 245 g/mol. The minimum atomic E-state index is 0.267. The predicted molar refractivity (Wildman–Crippen MR) is 56.8 cm³/mol. The third-order valence-corrected chi connectivity index (χ3v) is 2.14. The summed E-state index contributed by atoms with van der Waals surface area (Å²) in [6.45, 7) is 2.47. The number of hydrogen-bond donors (Lipinski definition) is 1. The van der Waals surface area contributed by atoms with Crippen molar-refractivity contribution in [1.82, 2.24) is 0 Å². The van der Waals surface area contributed by atoms with Gasteiger partial charge in [0.05, 0.1) is 6.61 Å². The van der Waals surface area contributed by atoms with Crippen LogP contribution in [0.1, 0.15) is 12.5 Å². The summed E-state index contributed by atoms with van der Waals surface area (Å²) in [5, 5.41) is 10.5. The first-order chi connectivity index (χ1) is 6.29. The van der Waals surface area contributed by atoms with Gasteiger partial charge in [-0.1, -0.05) is 28.1 Å². The molecule has 1 aromatic carbocycles. The summed E-state index contributed by atoms with van der Waals surface area (Å²) in [6, 6.07) is 5.57. The number of ether oxygens (including phenoxy) is 1. The van der Waals surface area contributed by atoms with E-state index in [4.69, 9.17) is 4.74 Å². The van der Waals surface area contributed by atoms with Crippen molar-refractivity contribution in [3.63, 3.8) is 0 Å². The zero-order valence-corrected chi connectivity index (χ0v) is 9.17. The molecule has 0 saturated heterocycles. The second kappa shape index (κ2) is 5.12. The van der Waals surface area contributed by atoms with E-state index in [0.29, 0.717) is 12.4 Å². The van der Waals surface area contributed by atoms with Crippen molar-refractivity contribution in [2.75, 3.05) is 11.9 Å². The Hall–Kier alpha value is -0.700. The number of phenolic OH excluding ortho intramolecular Hbond substituents is 1. The molecule has 0 amide bonds. The molecule has 0 aromatic heterocycles. The van der Waals surface area contributed by atoms with Crippen molar-refractivity contribution >= 4 is 15.9 Å². The largest absolute Gasteiger partial charge is 0.504 e. The van der Waals surface area contributed by atoms with E-state index in [9.17, 15) is 5.11 Å².